The Bertz CT molecular complexity index is 181. The highest BCUT2D eigenvalue weighted by Gasteiger charge is 2.12. The predicted molar refractivity (Wildman–Crippen MR) is 46.1 cm³/mol. The first-order valence-electron chi connectivity index (χ1n) is 4.00. The maximum absolute atomic E-state index is 11.1. The third kappa shape index (κ3) is 5.19. The minimum Gasteiger partial charge on any atom is -0.468 e. The van der Waals surface area contributed by atoms with Gasteiger partial charge in [-0.3, -0.25) is 9.59 Å². The maximum atomic E-state index is 11.1. The minimum absolute atomic E-state index is 0.00396. The second-order valence-electron chi connectivity index (χ2n) is 2.46. The summed E-state index contributed by atoms with van der Waals surface area (Å²) >= 11 is 0. The van der Waals surface area contributed by atoms with E-state index in [9.17, 15) is 9.59 Å². The van der Waals surface area contributed by atoms with Gasteiger partial charge >= 0.3 is 5.97 Å². The molecule has 5 heteroatoms. The Morgan fingerprint density at radius 1 is 1.38 bits per heavy atom. The van der Waals surface area contributed by atoms with Crippen LogP contribution in [-0.2, 0) is 19.1 Å². The lowest BCUT2D eigenvalue weighted by molar-refractivity contribution is -0.147. The van der Waals surface area contributed by atoms with Gasteiger partial charge in [0.15, 0.2) is 0 Å². The monoisotopic (exact) mass is 189 g/mol. The summed E-state index contributed by atoms with van der Waals surface area (Å²) in [5.41, 5.74) is 0. The zero-order valence-corrected chi connectivity index (χ0v) is 8.20. The van der Waals surface area contributed by atoms with Crippen LogP contribution in [0.25, 0.3) is 0 Å². The number of ether oxygens (including phenoxy) is 2. The molecule has 0 aromatic rings. The fraction of sp³-hybridized carbons (Fsp3) is 0.750. The van der Waals surface area contributed by atoms with E-state index in [0.717, 1.165) is 0 Å². The van der Waals surface area contributed by atoms with Crippen LogP contribution >= 0.6 is 0 Å². The van der Waals surface area contributed by atoms with Crippen molar-refractivity contribution in [2.24, 2.45) is 0 Å². The van der Waals surface area contributed by atoms with Gasteiger partial charge < -0.3 is 14.4 Å². The van der Waals surface area contributed by atoms with E-state index in [4.69, 9.17) is 4.74 Å². The van der Waals surface area contributed by atoms with Crippen LogP contribution in [0.2, 0.25) is 0 Å². The van der Waals surface area contributed by atoms with Gasteiger partial charge in [0.05, 0.1) is 7.11 Å². The number of nitrogens with zero attached hydrogens (tertiary/aromatic N) is 1. The van der Waals surface area contributed by atoms with E-state index in [-0.39, 0.29) is 19.1 Å². The van der Waals surface area contributed by atoms with Gasteiger partial charge in [-0.25, -0.2) is 0 Å². The predicted octanol–water partition coefficient (Wildman–Crippen LogP) is -0.346. The summed E-state index contributed by atoms with van der Waals surface area (Å²) < 4.78 is 9.29. The fourth-order valence-electron chi connectivity index (χ4n) is 0.646. The number of carbonyl (C=O) groups excluding carboxylic acids is 2. The van der Waals surface area contributed by atoms with Gasteiger partial charge in [-0.05, 0) is 6.92 Å². The molecule has 0 atom stereocenters. The van der Waals surface area contributed by atoms with Crippen LogP contribution in [0.4, 0.5) is 0 Å². The smallest absolute Gasteiger partial charge is 0.325 e. The zero-order valence-electron chi connectivity index (χ0n) is 8.20. The minimum atomic E-state index is -0.438. The number of amides is 1. The van der Waals surface area contributed by atoms with Gasteiger partial charge in [0.1, 0.15) is 13.2 Å². The van der Waals surface area contributed by atoms with E-state index in [1.54, 1.807) is 6.92 Å². The summed E-state index contributed by atoms with van der Waals surface area (Å²) in [4.78, 5) is 23.2. The topological polar surface area (TPSA) is 55.8 Å². The van der Waals surface area contributed by atoms with Crippen molar-refractivity contribution in [2.75, 3.05) is 33.9 Å². The number of likely N-dealkylation sites (N-methyl/N-ethyl adjacent to an activating group) is 1. The van der Waals surface area contributed by atoms with Crippen LogP contribution in [-0.4, -0.2) is 50.7 Å². The molecule has 13 heavy (non-hydrogen) atoms. The lowest BCUT2D eigenvalue weighted by atomic mass is 10.5. The van der Waals surface area contributed by atoms with E-state index >= 15 is 0 Å². The van der Waals surface area contributed by atoms with Gasteiger partial charge in [-0.2, -0.15) is 0 Å². The molecule has 0 aliphatic heterocycles. The van der Waals surface area contributed by atoms with Crippen molar-refractivity contribution in [3.63, 3.8) is 0 Å². The molecule has 5 nitrogen and oxygen atoms in total. The van der Waals surface area contributed by atoms with Crippen molar-refractivity contribution in [3.05, 3.63) is 0 Å². The Labute approximate surface area is 77.6 Å². The van der Waals surface area contributed by atoms with E-state index in [1.165, 1.54) is 19.1 Å². The Hall–Kier alpha value is -1.10. The molecule has 0 saturated carbocycles. The van der Waals surface area contributed by atoms with Crippen LogP contribution in [0.3, 0.4) is 0 Å². The first kappa shape index (κ1) is 11.9. The largest absolute Gasteiger partial charge is 0.468 e. The molecule has 0 rings (SSSR count). The van der Waals surface area contributed by atoms with Crippen molar-refractivity contribution in [1.82, 2.24) is 4.90 Å². The normalized spacial score (nSPS) is 9.46. The molecule has 0 bridgehead atoms. The first-order valence-corrected chi connectivity index (χ1v) is 4.00. The second-order valence-corrected chi connectivity index (χ2v) is 2.46. The van der Waals surface area contributed by atoms with Crippen molar-refractivity contribution >= 4 is 11.9 Å². The van der Waals surface area contributed by atoms with Crippen molar-refractivity contribution in [2.45, 2.75) is 6.92 Å². The molecule has 0 aliphatic carbocycles. The highest BCUT2D eigenvalue weighted by atomic mass is 16.5. The third-order valence-corrected chi connectivity index (χ3v) is 1.45. The molecule has 0 radical (unpaired) electrons. The van der Waals surface area contributed by atoms with E-state index in [1.807, 2.05) is 0 Å². The highest BCUT2D eigenvalue weighted by molar-refractivity contribution is 5.82. The van der Waals surface area contributed by atoms with Gasteiger partial charge in [-0.15, -0.1) is 0 Å². The van der Waals surface area contributed by atoms with Gasteiger partial charge in [-0.1, -0.05) is 0 Å². The summed E-state index contributed by atoms with van der Waals surface area (Å²) in [6.45, 7) is 2.25. The molecular formula is C8H15NO4. The fourth-order valence-corrected chi connectivity index (χ4v) is 0.646. The SMILES string of the molecule is CCOCC(=O)N(C)CC(=O)OC. The summed E-state index contributed by atoms with van der Waals surface area (Å²) in [7, 11) is 2.81. The molecule has 0 aliphatic rings. The summed E-state index contributed by atoms with van der Waals surface area (Å²) in [5.74, 6) is -0.667. The molecule has 0 spiro atoms. The first-order chi connectivity index (χ1) is 6.11. The lowest BCUT2D eigenvalue weighted by Gasteiger charge is -2.14. The molecule has 76 valence electrons. The van der Waals surface area contributed by atoms with E-state index in [0.29, 0.717) is 6.61 Å². The summed E-state index contributed by atoms with van der Waals surface area (Å²) in [6.07, 6.45) is 0. The van der Waals surface area contributed by atoms with Crippen LogP contribution in [0.5, 0.6) is 0 Å². The number of hydrogen-bond donors (Lipinski definition) is 0. The quantitative estimate of drug-likeness (QED) is 0.555. The zero-order chi connectivity index (χ0) is 10.3. The van der Waals surface area contributed by atoms with Crippen LogP contribution < -0.4 is 0 Å². The van der Waals surface area contributed by atoms with E-state index < -0.39 is 5.97 Å². The van der Waals surface area contributed by atoms with Crippen molar-refractivity contribution in [1.29, 1.82) is 0 Å². The molecular weight excluding hydrogens is 174 g/mol. The van der Waals surface area contributed by atoms with Crippen LogP contribution in [0, 0.1) is 0 Å². The second kappa shape index (κ2) is 6.42. The number of carbonyl (C=O) groups is 2. The van der Waals surface area contributed by atoms with Gasteiger partial charge in [0.2, 0.25) is 5.91 Å². The Kier molecular flexibility index (Phi) is 5.88. The average molecular weight is 189 g/mol. The molecule has 0 unspecified atom stereocenters. The number of methoxy groups -OCH3 is 1. The van der Waals surface area contributed by atoms with Crippen LogP contribution in [0.15, 0.2) is 0 Å². The molecule has 1 amide bonds. The molecule has 0 fully saturated rings. The Morgan fingerprint density at radius 2 is 2.00 bits per heavy atom. The van der Waals surface area contributed by atoms with Gasteiger partial charge in [0, 0.05) is 13.7 Å². The number of esters is 1. The van der Waals surface area contributed by atoms with E-state index in [2.05, 4.69) is 4.74 Å². The number of rotatable bonds is 5. The number of hydrogen-bond acceptors (Lipinski definition) is 4. The average Bonchev–Trinajstić information content (AvgIpc) is 2.13. The third-order valence-electron chi connectivity index (χ3n) is 1.45. The van der Waals surface area contributed by atoms with Crippen LogP contribution in [0.1, 0.15) is 6.92 Å². The Morgan fingerprint density at radius 3 is 2.46 bits per heavy atom. The van der Waals surface area contributed by atoms with Crippen molar-refractivity contribution < 1.29 is 19.1 Å². The maximum Gasteiger partial charge on any atom is 0.325 e. The van der Waals surface area contributed by atoms with Gasteiger partial charge in [0.25, 0.3) is 0 Å². The van der Waals surface area contributed by atoms with Crippen molar-refractivity contribution in [3.8, 4) is 0 Å². The summed E-state index contributed by atoms with van der Waals surface area (Å²) in [5, 5.41) is 0. The molecule has 0 N–H and O–H groups in total. The molecule has 0 heterocycles. The molecule has 0 aromatic heterocycles. The highest BCUT2D eigenvalue weighted by Crippen LogP contribution is 1.87. The molecule has 0 aromatic carbocycles. The Balaban J connectivity index is 3.75. The standard InChI is InChI=1S/C8H15NO4/c1-4-13-6-7(10)9(2)5-8(11)12-3/h4-6H2,1-3H3. The molecule has 0 saturated heterocycles. The summed E-state index contributed by atoms with van der Waals surface area (Å²) in [6, 6.07) is 0. The lowest BCUT2D eigenvalue weighted by Crippen LogP contribution is -2.35.